The van der Waals surface area contributed by atoms with Gasteiger partial charge in [0.2, 0.25) is 17.7 Å². The summed E-state index contributed by atoms with van der Waals surface area (Å²) in [6.07, 6.45) is 5.99. The maximum absolute atomic E-state index is 13.6. The molecular formula is C41H57N5O12. The van der Waals surface area contributed by atoms with Crippen molar-refractivity contribution in [2.75, 3.05) is 13.1 Å². The highest BCUT2D eigenvalue weighted by Crippen LogP contribution is 2.29. The molecule has 58 heavy (non-hydrogen) atoms. The van der Waals surface area contributed by atoms with E-state index in [-0.39, 0.29) is 62.3 Å². The van der Waals surface area contributed by atoms with Crippen LogP contribution in [0.1, 0.15) is 102 Å². The van der Waals surface area contributed by atoms with Crippen LogP contribution in [0, 0.1) is 11.8 Å². The summed E-state index contributed by atoms with van der Waals surface area (Å²) >= 11 is 0. The number of carbonyl (C=O) groups is 8. The minimum Gasteiger partial charge on any atom is -0.481 e. The van der Waals surface area contributed by atoms with Gasteiger partial charge in [0.05, 0.1) is 0 Å². The standard InChI is InChI=1S/C41H57N5O12/c47-34(12-3-1-2-4-13-35(48)49)43-25-26-14-18-29(19-15-26)37(52)44-33(24-27-16-17-28-9-5-6-10-30(28)23-27)38(53)42-22-8-7-11-31(39(54)55)45-41(58)46-32(40(56)57)20-21-36(50)51/h5-6,9-10,16-17,23,26,29,31-33H,1-4,7-8,11-15,18-22,24-25H2,(H,42,53)(H,43,47)(H,44,52)(H,48,49)(H,50,51)(H,54,55)(H,56,57)(H2,45,46,58)/t26-,29-,31-,32-,33-/m0/s1. The van der Waals surface area contributed by atoms with E-state index in [1.165, 1.54) is 0 Å². The van der Waals surface area contributed by atoms with Crippen molar-refractivity contribution in [3.8, 4) is 0 Å². The number of carboxylic acid groups (broad SMARTS) is 4. The zero-order chi connectivity index (χ0) is 42.5. The van der Waals surface area contributed by atoms with Gasteiger partial charge in [0.1, 0.15) is 18.1 Å². The van der Waals surface area contributed by atoms with Crippen LogP contribution < -0.4 is 26.6 Å². The summed E-state index contributed by atoms with van der Waals surface area (Å²) in [6, 6.07) is 8.77. The van der Waals surface area contributed by atoms with Gasteiger partial charge < -0.3 is 47.0 Å². The number of unbranched alkanes of at least 4 members (excludes halogenated alkanes) is 4. The molecule has 0 radical (unpaired) electrons. The number of carboxylic acids is 4. The van der Waals surface area contributed by atoms with Crippen molar-refractivity contribution >= 4 is 58.4 Å². The average molecular weight is 812 g/mol. The lowest BCUT2D eigenvalue weighted by atomic mass is 9.81. The fraction of sp³-hybridized carbons (Fsp3) is 0.561. The fourth-order valence-corrected chi connectivity index (χ4v) is 6.94. The molecule has 1 saturated carbocycles. The summed E-state index contributed by atoms with van der Waals surface area (Å²) in [5.74, 6) is -5.63. The molecule has 2 aromatic carbocycles. The summed E-state index contributed by atoms with van der Waals surface area (Å²) in [4.78, 5) is 96.3. The van der Waals surface area contributed by atoms with Crippen LogP contribution in [0.25, 0.3) is 10.8 Å². The van der Waals surface area contributed by atoms with E-state index in [9.17, 15) is 48.6 Å². The molecule has 3 atom stereocenters. The lowest BCUT2D eigenvalue weighted by Crippen LogP contribution is -2.51. The smallest absolute Gasteiger partial charge is 0.326 e. The molecular weight excluding hydrogens is 754 g/mol. The molecule has 318 valence electrons. The van der Waals surface area contributed by atoms with Crippen molar-refractivity contribution in [2.24, 2.45) is 11.8 Å². The Balaban J connectivity index is 1.49. The predicted molar refractivity (Wildman–Crippen MR) is 212 cm³/mol. The minimum atomic E-state index is -1.52. The SMILES string of the molecule is O=C(O)CCCCCCC(=O)NC[C@H]1CC[C@H](C(=O)N[C@@H](Cc2ccc3ccccc3c2)C(=O)NCCCC[C@H](NC(=O)N[C@@H](CCC(=O)O)C(=O)O)C(=O)O)CC1. The monoisotopic (exact) mass is 811 g/mol. The summed E-state index contributed by atoms with van der Waals surface area (Å²) in [5, 5.41) is 51.5. The Morgan fingerprint density at radius 3 is 1.86 bits per heavy atom. The van der Waals surface area contributed by atoms with E-state index >= 15 is 0 Å². The third kappa shape index (κ3) is 17.6. The molecule has 5 amide bonds. The van der Waals surface area contributed by atoms with E-state index in [4.69, 9.17) is 10.2 Å². The molecule has 0 heterocycles. The number of hydrogen-bond acceptors (Lipinski definition) is 8. The van der Waals surface area contributed by atoms with E-state index in [0.29, 0.717) is 45.1 Å². The maximum Gasteiger partial charge on any atom is 0.326 e. The van der Waals surface area contributed by atoms with E-state index < -0.39 is 60.4 Å². The van der Waals surface area contributed by atoms with Crippen LogP contribution in [0.2, 0.25) is 0 Å². The second kappa shape index (κ2) is 24.8. The Labute approximate surface area is 337 Å². The van der Waals surface area contributed by atoms with Crippen molar-refractivity contribution in [3.63, 3.8) is 0 Å². The van der Waals surface area contributed by atoms with Gasteiger partial charge in [-0.15, -0.1) is 0 Å². The number of fused-ring (bicyclic) bond motifs is 1. The Bertz CT molecular complexity index is 1730. The van der Waals surface area contributed by atoms with Crippen LogP contribution in [0.3, 0.4) is 0 Å². The highest BCUT2D eigenvalue weighted by molar-refractivity contribution is 5.89. The van der Waals surface area contributed by atoms with Gasteiger partial charge in [0.15, 0.2) is 0 Å². The Kier molecular flexibility index (Phi) is 19.9. The molecule has 9 N–H and O–H groups in total. The van der Waals surface area contributed by atoms with Gasteiger partial charge in [0, 0.05) is 44.7 Å². The van der Waals surface area contributed by atoms with Gasteiger partial charge in [-0.2, -0.15) is 0 Å². The van der Waals surface area contributed by atoms with Crippen LogP contribution in [-0.4, -0.2) is 99.3 Å². The largest absolute Gasteiger partial charge is 0.481 e. The highest BCUT2D eigenvalue weighted by Gasteiger charge is 2.30. The molecule has 0 bridgehead atoms. The molecule has 0 saturated heterocycles. The van der Waals surface area contributed by atoms with Crippen LogP contribution in [0.5, 0.6) is 0 Å². The van der Waals surface area contributed by atoms with Gasteiger partial charge >= 0.3 is 29.9 Å². The summed E-state index contributed by atoms with van der Waals surface area (Å²) in [5.41, 5.74) is 0.848. The van der Waals surface area contributed by atoms with Crippen molar-refractivity contribution < 1.29 is 58.8 Å². The van der Waals surface area contributed by atoms with Crippen molar-refractivity contribution in [1.29, 1.82) is 0 Å². The molecule has 0 spiro atoms. The quantitative estimate of drug-likeness (QED) is 0.0617. The number of aliphatic carboxylic acids is 4. The van der Waals surface area contributed by atoms with Crippen molar-refractivity contribution in [3.05, 3.63) is 48.0 Å². The van der Waals surface area contributed by atoms with E-state index in [1.54, 1.807) is 0 Å². The third-order valence-electron chi connectivity index (χ3n) is 10.3. The molecule has 0 aliphatic heterocycles. The molecule has 1 fully saturated rings. The number of amides is 5. The molecule has 17 nitrogen and oxygen atoms in total. The number of urea groups is 1. The number of benzene rings is 2. The van der Waals surface area contributed by atoms with Gasteiger partial charge in [0.25, 0.3) is 0 Å². The van der Waals surface area contributed by atoms with Gasteiger partial charge in [-0.25, -0.2) is 14.4 Å². The summed E-state index contributed by atoms with van der Waals surface area (Å²) < 4.78 is 0. The third-order valence-corrected chi connectivity index (χ3v) is 10.3. The Morgan fingerprint density at radius 1 is 0.603 bits per heavy atom. The number of rotatable bonds is 26. The topological polar surface area (TPSA) is 278 Å². The van der Waals surface area contributed by atoms with E-state index in [1.807, 2.05) is 42.5 Å². The maximum atomic E-state index is 13.6. The first-order valence-electron chi connectivity index (χ1n) is 20.0. The molecule has 1 aliphatic rings. The zero-order valence-corrected chi connectivity index (χ0v) is 32.7. The first-order chi connectivity index (χ1) is 27.7. The number of carbonyl (C=O) groups excluding carboxylic acids is 4. The Morgan fingerprint density at radius 2 is 1.22 bits per heavy atom. The van der Waals surface area contributed by atoms with Gasteiger partial charge in [-0.1, -0.05) is 55.3 Å². The van der Waals surface area contributed by atoms with Gasteiger partial charge in [-0.05, 0) is 86.5 Å². The number of hydrogen-bond donors (Lipinski definition) is 9. The minimum absolute atomic E-state index is 0.0364. The lowest BCUT2D eigenvalue weighted by molar-refractivity contribution is -0.141. The summed E-state index contributed by atoms with van der Waals surface area (Å²) in [7, 11) is 0. The second-order valence-corrected chi connectivity index (χ2v) is 14.9. The van der Waals surface area contributed by atoms with Gasteiger partial charge in [-0.3, -0.25) is 24.0 Å². The van der Waals surface area contributed by atoms with Crippen LogP contribution in [0.4, 0.5) is 4.79 Å². The molecule has 3 rings (SSSR count). The first kappa shape index (κ1) is 46.6. The van der Waals surface area contributed by atoms with Crippen molar-refractivity contribution in [1.82, 2.24) is 26.6 Å². The van der Waals surface area contributed by atoms with E-state index in [2.05, 4.69) is 26.6 Å². The second-order valence-electron chi connectivity index (χ2n) is 14.9. The fourth-order valence-electron chi connectivity index (χ4n) is 6.94. The van der Waals surface area contributed by atoms with Crippen molar-refractivity contribution in [2.45, 2.75) is 121 Å². The molecule has 17 heteroatoms. The molecule has 0 aromatic heterocycles. The van der Waals surface area contributed by atoms with Crippen LogP contribution >= 0.6 is 0 Å². The molecule has 2 aromatic rings. The molecule has 1 aliphatic carbocycles. The van der Waals surface area contributed by atoms with E-state index in [0.717, 1.165) is 42.0 Å². The average Bonchev–Trinajstić information content (AvgIpc) is 3.18. The summed E-state index contributed by atoms with van der Waals surface area (Å²) in [6.45, 7) is 0.675. The lowest BCUT2D eigenvalue weighted by Gasteiger charge is -2.29. The normalized spacial score (nSPS) is 16.6. The van der Waals surface area contributed by atoms with Crippen LogP contribution in [0.15, 0.2) is 42.5 Å². The zero-order valence-electron chi connectivity index (χ0n) is 32.7. The predicted octanol–water partition coefficient (Wildman–Crippen LogP) is 3.57. The first-order valence-corrected chi connectivity index (χ1v) is 20.0. The Hall–Kier alpha value is -5.74. The highest BCUT2D eigenvalue weighted by atomic mass is 16.4. The van der Waals surface area contributed by atoms with Crippen LogP contribution in [-0.2, 0) is 40.0 Å². The molecule has 0 unspecified atom stereocenters. The number of nitrogens with one attached hydrogen (secondary N) is 5.